The molecule has 0 spiro atoms. The van der Waals surface area contributed by atoms with Gasteiger partial charge in [0.2, 0.25) is 0 Å². The molecule has 0 radical (unpaired) electrons. The van der Waals surface area contributed by atoms with Gasteiger partial charge >= 0.3 is 0 Å². The Morgan fingerprint density at radius 3 is 2.50 bits per heavy atom. The second-order valence-electron chi connectivity index (χ2n) is 5.71. The maximum absolute atomic E-state index is 5.85. The smallest absolute Gasteiger partial charge is 0.0956 e. The van der Waals surface area contributed by atoms with E-state index in [0.717, 1.165) is 17.5 Å². The molecular formula is C12H26NO+. The minimum Gasteiger partial charge on any atom is -0.378 e. The number of quaternary nitrogens is 1. The van der Waals surface area contributed by atoms with Gasteiger partial charge in [0.25, 0.3) is 0 Å². The van der Waals surface area contributed by atoms with E-state index in [-0.39, 0.29) is 0 Å². The highest BCUT2D eigenvalue weighted by atomic mass is 16.5. The summed E-state index contributed by atoms with van der Waals surface area (Å²) in [6, 6.07) is 0. The van der Waals surface area contributed by atoms with E-state index >= 15 is 0 Å². The summed E-state index contributed by atoms with van der Waals surface area (Å²) in [7, 11) is 4.66. The van der Waals surface area contributed by atoms with Crippen LogP contribution in [0.25, 0.3) is 0 Å². The molecule has 1 aliphatic heterocycles. The molecule has 84 valence electrons. The van der Waals surface area contributed by atoms with Crippen molar-refractivity contribution in [3.63, 3.8) is 0 Å². The van der Waals surface area contributed by atoms with Crippen LogP contribution in [0.2, 0.25) is 0 Å². The zero-order valence-corrected chi connectivity index (χ0v) is 10.5. The molecule has 2 nitrogen and oxygen atoms in total. The third-order valence-electron chi connectivity index (χ3n) is 3.93. The second-order valence-corrected chi connectivity index (χ2v) is 5.71. The molecule has 0 N–H and O–H groups in total. The van der Waals surface area contributed by atoms with Gasteiger partial charge in [-0.05, 0) is 20.3 Å². The van der Waals surface area contributed by atoms with E-state index in [1.165, 1.54) is 19.4 Å². The average molecular weight is 200 g/mol. The molecule has 0 saturated carbocycles. The molecule has 14 heavy (non-hydrogen) atoms. The average Bonchev–Trinajstić information content (AvgIpc) is 2.07. The van der Waals surface area contributed by atoms with Crippen molar-refractivity contribution in [2.75, 3.05) is 27.2 Å². The molecule has 1 fully saturated rings. The lowest BCUT2D eigenvalue weighted by Crippen LogP contribution is -2.61. The van der Waals surface area contributed by atoms with Gasteiger partial charge in [0.1, 0.15) is 0 Å². The van der Waals surface area contributed by atoms with Gasteiger partial charge in [0.15, 0.2) is 0 Å². The summed E-state index contributed by atoms with van der Waals surface area (Å²) < 4.78 is 6.98. The quantitative estimate of drug-likeness (QED) is 0.636. The predicted octanol–water partition coefficient (Wildman–Crippen LogP) is 2.43. The van der Waals surface area contributed by atoms with Crippen LogP contribution in [0.5, 0.6) is 0 Å². The third-order valence-corrected chi connectivity index (χ3v) is 3.93. The standard InChI is InChI=1S/C12H26NO/c1-6-9-14-11-7-8-13(4,5)12(2,3)10-11/h11H,6-10H2,1-5H3/q+1. The predicted molar refractivity (Wildman–Crippen MR) is 60.3 cm³/mol. The summed E-state index contributed by atoms with van der Waals surface area (Å²) in [5, 5.41) is 0. The van der Waals surface area contributed by atoms with Crippen LogP contribution in [0, 0.1) is 0 Å². The zero-order valence-electron chi connectivity index (χ0n) is 10.5. The Labute approximate surface area is 88.8 Å². The lowest BCUT2D eigenvalue weighted by atomic mass is 9.86. The fourth-order valence-corrected chi connectivity index (χ4v) is 2.10. The van der Waals surface area contributed by atoms with Crippen molar-refractivity contribution >= 4 is 0 Å². The summed E-state index contributed by atoms with van der Waals surface area (Å²) in [5.74, 6) is 0. The summed E-state index contributed by atoms with van der Waals surface area (Å²) >= 11 is 0. The van der Waals surface area contributed by atoms with Gasteiger partial charge in [-0.3, -0.25) is 0 Å². The van der Waals surface area contributed by atoms with Gasteiger partial charge in [-0.15, -0.1) is 0 Å². The number of likely N-dealkylation sites (tertiary alicyclic amines) is 1. The Balaban J connectivity index is 2.50. The molecular weight excluding hydrogens is 174 g/mol. The van der Waals surface area contributed by atoms with Gasteiger partial charge in [0.05, 0.1) is 32.3 Å². The zero-order chi connectivity index (χ0) is 10.8. The monoisotopic (exact) mass is 200 g/mol. The van der Waals surface area contributed by atoms with Crippen LogP contribution in [0.1, 0.15) is 40.0 Å². The molecule has 0 amide bonds. The molecule has 1 aliphatic rings. The molecule has 1 rings (SSSR count). The van der Waals surface area contributed by atoms with Crippen molar-refractivity contribution in [2.24, 2.45) is 0 Å². The number of hydrogen-bond donors (Lipinski definition) is 0. The molecule has 1 unspecified atom stereocenters. The third kappa shape index (κ3) is 2.48. The Kier molecular flexibility index (Phi) is 3.59. The first kappa shape index (κ1) is 12.0. The Hall–Kier alpha value is -0.0800. The van der Waals surface area contributed by atoms with Crippen molar-refractivity contribution in [2.45, 2.75) is 51.7 Å². The molecule has 1 atom stereocenters. The van der Waals surface area contributed by atoms with Crippen LogP contribution in [0.15, 0.2) is 0 Å². The highest BCUT2D eigenvalue weighted by Gasteiger charge is 2.43. The highest BCUT2D eigenvalue weighted by Crippen LogP contribution is 2.32. The maximum Gasteiger partial charge on any atom is 0.0956 e. The summed E-state index contributed by atoms with van der Waals surface area (Å²) in [5.41, 5.74) is 0.358. The summed E-state index contributed by atoms with van der Waals surface area (Å²) in [6.45, 7) is 9.05. The van der Waals surface area contributed by atoms with E-state index in [1.807, 2.05) is 0 Å². The van der Waals surface area contributed by atoms with E-state index in [1.54, 1.807) is 0 Å². The fourth-order valence-electron chi connectivity index (χ4n) is 2.10. The topological polar surface area (TPSA) is 9.23 Å². The second kappa shape index (κ2) is 4.19. The van der Waals surface area contributed by atoms with Crippen molar-refractivity contribution in [3.8, 4) is 0 Å². The minimum absolute atomic E-state index is 0.358. The molecule has 0 bridgehead atoms. The van der Waals surface area contributed by atoms with E-state index in [4.69, 9.17) is 4.74 Å². The molecule has 0 aromatic carbocycles. The Bertz CT molecular complexity index is 187. The Morgan fingerprint density at radius 1 is 1.36 bits per heavy atom. The largest absolute Gasteiger partial charge is 0.378 e. The highest BCUT2D eigenvalue weighted by molar-refractivity contribution is 4.79. The van der Waals surface area contributed by atoms with Crippen LogP contribution < -0.4 is 0 Å². The number of hydrogen-bond acceptors (Lipinski definition) is 1. The lowest BCUT2D eigenvalue weighted by molar-refractivity contribution is -0.944. The van der Waals surface area contributed by atoms with Gasteiger partial charge in [0, 0.05) is 19.4 Å². The lowest BCUT2D eigenvalue weighted by Gasteiger charge is -2.50. The summed E-state index contributed by atoms with van der Waals surface area (Å²) in [4.78, 5) is 0. The van der Waals surface area contributed by atoms with Crippen molar-refractivity contribution in [3.05, 3.63) is 0 Å². The van der Waals surface area contributed by atoms with Crippen LogP contribution in [-0.4, -0.2) is 43.4 Å². The first-order chi connectivity index (χ1) is 6.39. The van der Waals surface area contributed by atoms with Crippen LogP contribution in [-0.2, 0) is 4.74 Å². The number of rotatable bonds is 3. The van der Waals surface area contributed by atoms with E-state index in [2.05, 4.69) is 34.9 Å². The van der Waals surface area contributed by atoms with E-state index in [9.17, 15) is 0 Å². The number of ether oxygens (including phenoxy) is 1. The minimum atomic E-state index is 0.358. The van der Waals surface area contributed by atoms with Crippen LogP contribution >= 0.6 is 0 Å². The molecule has 1 saturated heterocycles. The summed E-state index contributed by atoms with van der Waals surface area (Å²) in [6.07, 6.45) is 4.04. The first-order valence-corrected chi connectivity index (χ1v) is 5.84. The number of piperidine rings is 1. The maximum atomic E-state index is 5.85. The number of nitrogens with zero attached hydrogens (tertiary/aromatic N) is 1. The molecule has 1 heterocycles. The first-order valence-electron chi connectivity index (χ1n) is 5.84. The Morgan fingerprint density at radius 2 is 2.00 bits per heavy atom. The van der Waals surface area contributed by atoms with Gasteiger partial charge in [-0.1, -0.05) is 6.92 Å². The SMILES string of the molecule is CCCOC1CC[N+](C)(C)C(C)(C)C1. The van der Waals surface area contributed by atoms with E-state index < -0.39 is 0 Å². The van der Waals surface area contributed by atoms with Gasteiger partial charge in [-0.2, -0.15) is 0 Å². The van der Waals surface area contributed by atoms with Gasteiger partial charge in [-0.25, -0.2) is 0 Å². The van der Waals surface area contributed by atoms with Crippen LogP contribution in [0.4, 0.5) is 0 Å². The van der Waals surface area contributed by atoms with Crippen molar-refractivity contribution in [1.29, 1.82) is 0 Å². The van der Waals surface area contributed by atoms with Crippen molar-refractivity contribution < 1.29 is 9.22 Å². The molecule has 2 heteroatoms. The normalized spacial score (nSPS) is 30.2. The fraction of sp³-hybridized carbons (Fsp3) is 1.00. The van der Waals surface area contributed by atoms with Crippen molar-refractivity contribution in [1.82, 2.24) is 0 Å². The molecule has 0 aromatic rings. The van der Waals surface area contributed by atoms with Crippen LogP contribution in [0.3, 0.4) is 0 Å². The van der Waals surface area contributed by atoms with E-state index in [0.29, 0.717) is 11.6 Å². The van der Waals surface area contributed by atoms with Gasteiger partial charge < -0.3 is 9.22 Å². The molecule has 0 aliphatic carbocycles. The molecule has 0 aromatic heterocycles.